The van der Waals surface area contributed by atoms with Crippen LogP contribution in [0.3, 0.4) is 0 Å². The number of carbonyl (C=O) groups is 2. The highest BCUT2D eigenvalue weighted by Crippen LogP contribution is 2.34. The van der Waals surface area contributed by atoms with E-state index in [1.54, 1.807) is 31.2 Å². The third-order valence-electron chi connectivity index (χ3n) is 3.39. The van der Waals surface area contributed by atoms with Crippen LogP contribution in [0, 0.1) is 17.2 Å². The number of nitrogens with zero attached hydrogens (tertiary/aromatic N) is 1. The van der Waals surface area contributed by atoms with Crippen LogP contribution in [-0.4, -0.2) is 18.5 Å². The molecular formula is C17H18N2O4. The first-order chi connectivity index (χ1) is 11.0. The highest BCUT2D eigenvalue weighted by Gasteiger charge is 2.30. The van der Waals surface area contributed by atoms with Gasteiger partial charge in [-0.3, -0.25) is 9.59 Å². The summed E-state index contributed by atoms with van der Waals surface area (Å²) in [4.78, 5) is 23.0. The molecule has 2 atom stereocenters. The normalized spacial score (nSPS) is 19.8. The van der Waals surface area contributed by atoms with E-state index in [4.69, 9.17) is 14.7 Å². The average Bonchev–Trinajstić information content (AvgIpc) is 2.54. The summed E-state index contributed by atoms with van der Waals surface area (Å²) < 4.78 is 10.6. The van der Waals surface area contributed by atoms with Crippen molar-refractivity contribution in [2.75, 3.05) is 11.9 Å². The summed E-state index contributed by atoms with van der Waals surface area (Å²) in [5.41, 5.74) is 1.50. The highest BCUT2D eigenvalue weighted by atomic mass is 16.5. The molecule has 1 aliphatic rings. The quantitative estimate of drug-likeness (QED) is 0.863. The van der Waals surface area contributed by atoms with Gasteiger partial charge in [-0.25, -0.2) is 0 Å². The molecule has 1 heterocycles. The summed E-state index contributed by atoms with van der Waals surface area (Å²) in [5.74, 6) is -0.893. The second-order valence-corrected chi connectivity index (χ2v) is 5.15. The topological polar surface area (TPSA) is 88.4 Å². The van der Waals surface area contributed by atoms with Crippen molar-refractivity contribution in [3.63, 3.8) is 0 Å². The number of anilines is 1. The first-order valence-corrected chi connectivity index (χ1v) is 7.36. The maximum absolute atomic E-state index is 11.9. The first-order valence-electron chi connectivity index (χ1n) is 7.36. The molecule has 6 heteroatoms. The van der Waals surface area contributed by atoms with E-state index in [0.29, 0.717) is 18.7 Å². The number of hydrogen-bond acceptors (Lipinski definition) is 5. The van der Waals surface area contributed by atoms with Gasteiger partial charge in [0.05, 0.1) is 12.5 Å². The Hall–Kier alpha value is -2.81. The van der Waals surface area contributed by atoms with Gasteiger partial charge in [-0.15, -0.1) is 0 Å². The van der Waals surface area contributed by atoms with Gasteiger partial charge in [0.1, 0.15) is 12.2 Å². The van der Waals surface area contributed by atoms with Crippen LogP contribution in [0.25, 0.3) is 0 Å². The Morgan fingerprint density at radius 2 is 2.09 bits per heavy atom. The van der Waals surface area contributed by atoms with Crippen LogP contribution in [0.5, 0.6) is 0 Å². The lowest BCUT2D eigenvalue weighted by molar-refractivity contribution is -0.148. The number of amides is 1. The molecule has 120 valence electrons. The van der Waals surface area contributed by atoms with Gasteiger partial charge < -0.3 is 14.8 Å². The summed E-state index contributed by atoms with van der Waals surface area (Å²) in [6, 6.07) is 9.06. The summed E-state index contributed by atoms with van der Waals surface area (Å²) >= 11 is 0. The predicted molar refractivity (Wildman–Crippen MR) is 83.0 cm³/mol. The standard InChI is InChI=1S/C17H18N2O4/c1-3-22-17(21)13-8-15(10-18)23-16(9-13)12-4-6-14(7-5-12)19-11(2)20/h4-8,13,16H,3,9H2,1-2H3,(H,19,20)/t13-,16-/m0/s1. The molecule has 0 spiro atoms. The molecule has 1 aromatic carbocycles. The molecule has 0 saturated carbocycles. The van der Waals surface area contributed by atoms with Crippen molar-refractivity contribution in [3.8, 4) is 6.07 Å². The van der Waals surface area contributed by atoms with E-state index in [0.717, 1.165) is 5.56 Å². The second-order valence-electron chi connectivity index (χ2n) is 5.15. The molecule has 2 rings (SSSR count). The van der Waals surface area contributed by atoms with E-state index in [-0.39, 0.29) is 17.6 Å². The highest BCUT2D eigenvalue weighted by molar-refractivity contribution is 5.88. The van der Waals surface area contributed by atoms with Gasteiger partial charge in [-0.1, -0.05) is 12.1 Å². The third kappa shape index (κ3) is 4.33. The van der Waals surface area contributed by atoms with Gasteiger partial charge in [0.25, 0.3) is 0 Å². The van der Waals surface area contributed by atoms with Crippen LogP contribution < -0.4 is 5.32 Å². The Bertz CT molecular complexity index is 658. The molecule has 0 bridgehead atoms. The van der Waals surface area contributed by atoms with Gasteiger partial charge in [0.2, 0.25) is 5.91 Å². The van der Waals surface area contributed by atoms with Gasteiger partial charge in [-0.05, 0) is 30.7 Å². The number of hydrogen-bond donors (Lipinski definition) is 1. The van der Waals surface area contributed by atoms with E-state index in [2.05, 4.69) is 5.32 Å². The minimum Gasteiger partial charge on any atom is -0.476 e. The zero-order chi connectivity index (χ0) is 16.8. The van der Waals surface area contributed by atoms with Gasteiger partial charge in [0.15, 0.2) is 5.76 Å². The minimum absolute atomic E-state index is 0.116. The largest absolute Gasteiger partial charge is 0.476 e. The molecule has 0 aliphatic carbocycles. The number of allylic oxidation sites excluding steroid dienone is 1. The van der Waals surface area contributed by atoms with Crippen molar-refractivity contribution in [2.45, 2.75) is 26.4 Å². The molecule has 0 unspecified atom stereocenters. The second kappa shape index (κ2) is 7.45. The van der Waals surface area contributed by atoms with E-state index in [1.807, 2.05) is 6.07 Å². The Morgan fingerprint density at radius 1 is 1.39 bits per heavy atom. The van der Waals surface area contributed by atoms with Crippen LogP contribution in [-0.2, 0) is 19.1 Å². The van der Waals surface area contributed by atoms with E-state index in [9.17, 15) is 9.59 Å². The van der Waals surface area contributed by atoms with E-state index in [1.165, 1.54) is 13.0 Å². The van der Waals surface area contributed by atoms with Crippen LogP contribution in [0.1, 0.15) is 31.9 Å². The lowest BCUT2D eigenvalue weighted by Crippen LogP contribution is -2.23. The van der Waals surface area contributed by atoms with Crippen LogP contribution in [0.2, 0.25) is 0 Å². The molecule has 6 nitrogen and oxygen atoms in total. The number of rotatable bonds is 4. The smallest absolute Gasteiger partial charge is 0.313 e. The van der Waals surface area contributed by atoms with E-state index >= 15 is 0 Å². The van der Waals surface area contributed by atoms with Gasteiger partial charge >= 0.3 is 5.97 Å². The molecule has 0 radical (unpaired) electrons. The SMILES string of the molecule is CCOC(=O)[C@H]1C=C(C#N)O[C@H](c2ccc(NC(C)=O)cc2)C1. The Balaban J connectivity index is 2.16. The maximum Gasteiger partial charge on any atom is 0.313 e. The Kier molecular flexibility index (Phi) is 5.36. The fourth-order valence-electron chi connectivity index (χ4n) is 2.39. The zero-order valence-corrected chi connectivity index (χ0v) is 13.0. The maximum atomic E-state index is 11.9. The molecule has 1 aliphatic heterocycles. The van der Waals surface area contributed by atoms with Crippen LogP contribution in [0.15, 0.2) is 36.1 Å². The van der Waals surface area contributed by atoms with Crippen molar-refractivity contribution in [2.24, 2.45) is 5.92 Å². The predicted octanol–water partition coefficient (Wildman–Crippen LogP) is 2.69. The molecule has 1 aromatic rings. The minimum atomic E-state index is -0.502. The van der Waals surface area contributed by atoms with Gasteiger partial charge in [-0.2, -0.15) is 5.26 Å². The first kappa shape index (κ1) is 16.6. The zero-order valence-electron chi connectivity index (χ0n) is 13.0. The molecule has 0 fully saturated rings. The molecule has 1 N–H and O–H groups in total. The van der Waals surface area contributed by atoms with Crippen molar-refractivity contribution in [3.05, 3.63) is 41.7 Å². The number of carbonyl (C=O) groups excluding carboxylic acids is 2. The third-order valence-corrected chi connectivity index (χ3v) is 3.39. The Labute approximate surface area is 134 Å². The summed E-state index contributed by atoms with van der Waals surface area (Å²) in [7, 11) is 0. The number of nitrogens with one attached hydrogen (secondary N) is 1. The van der Waals surface area contributed by atoms with Crippen LogP contribution in [0.4, 0.5) is 5.69 Å². The molecular weight excluding hydrogens is 296 g/mol. The number of ether oxygens (including phenoxy) is 2. The number of esters is 1. The summed E-state index contributed by atoms with van der Waals surface area (Å²) in [6.45, 7) is 3.47. The van der Waals surface area contributed by atoms with Crippen molar-refractivity contribution >= 4 is 17.6 Å². The monoisotopic (exact) mass is 314 g/mol. The fourth-order valence-corrected chi connectivity index (χ4v) is 2.39. The van der Waals surface area contributed by atoms with Gasteiger partial charge in [0, 0.05) is 19.0 Å². The summed E-state index contributed by atoms with van der Waals surface area (Å²) in [6.07, 6.45) is 1.50. The van der Waals surface area contributed by atoms with E-state index < -0.39 is 12.0 Å². The van der Waals surface area contributed by atoms with Crippen molar-refractivity contribution in [1.29, 1.82) is 5.26 Å². The average molecular weight is 314 g/mol. The lowest BCUT2D eigenvalue weighted by Gasteiger charge is -2.26. The van der Waals surface area contributed by atoms with Crippen LogP contribution >= 0.6 is 0 Å². The molecule has 0 saturated heterocycles. The fraction of sp³-hybridized carbons (Fsp3) is 0.353. The number of benzene rings is 1. The molecule has 23 heavy (non-hydrogen) atoms. The van der Waals surface area contributed by atoms with Crippen molar-refractivity contribution < 1.29 is 19.1 Å². The molecule has 1 amide bonds. The summed E-state index contributed by atoms with van der Waals surface area (Å²) in [5, 5.41) is 11.8. The number of nitriles is 1. The Morgan fingerprint density at radius 3 is 2.65 bits per heavy atom. The van der Waals surface area contributed by atoms with Crippen molar-refractivity contribution in [1.82, 2.24) is 0 Å². The lowest BCUT2D eigenvalue weighted by atomic mass is 9.93. The molecule has 0 aromatic heterocycles.